The van der Waals surface area contributed by atoms with Crippen LogP contribution in [0.4, 0.5) is 0 Å². The molecular formula is C15H17NO4S2. The lowest BCUT2D eigenvalue weighted by Gasteiger charge is -2.21. The summed E-state index contributed by atoms with van der Waals surface area (Å²) in [6.07, 6.45) is 2.11. The predicted octanol–water partition coefficient (Wildman–Crippen LogP) is 2.19. The zero-order valence-electron chi connectivity index (χ0n) is 12.3. The number of hydrogen-bond acceptors (Lipinski definition) is 7. The van der Waals surface area contributed by atoms with Crippen molar-refractivity contribution < 1.29 is 19.1 Å². The maximum atomic E-state index is 12.4. The summed E-state index contributed by atoms with van der Waals surface area (Å²) >= 11 is 2.60. The molecule has 2 fully saturated rings. The Balaban J connectivity index is 1.83. The van der Waals surface area contributed by atoms with Crippen LogP contribution in [-0.2, 0) is 9.59 Å². The number of furan rings is 1. The van der Waals surface area contributed by atoms with E-state index in [9.17, 15) is 14.7 Å². The first-order chi connectivity index (χ1) is 10.5. The van der Waals surface area contributed by atoms with Crippen LogP contribution in [0.25, 0.3) is 0 Å². The van der Waals surface area contributed by atoms with E-state index in [1.165, 1.54) is 23.5 Å². The van der Waals surface area contributed by atoms with Crippen LogP contribution in [0, 0.1) is 0 Å². The van der Waals surface area contributed by atoms with Gasteiger partial charge in [-0.1, -0.05) is 23.5 Å². The number of thioether (sulfide) groups is 2. The number of aliphatic hydroxyl groups excluding tert-OH is 1. The first-order valence-electron chi connectivity index (χ1n) is 6.99. The van der Waals surface area contributed by atoms with Gasteiger partial charge >= 0.3 is 0 Å². The van der Waals surface area contributed by atoms with E-state index in [1.54, 1.807) is 18.4 Å². The van der Waals surface area contributed by atoms with Crippen molar-refractivity contribution in [1.82, 2.24) is 4.90 Å². The largest absolute Gasteiger partial charge is 0.469 e. The number of carbonyl (C=O) groups is 2. The van der Waals surface area contributed by atoms with Gasteiger partial charge in [0.05, 0.1) is 21.4 Å². The number of aliphatic hydroxyl groups is 1. The Bertz CT molecular complexity index is 603. The summed E-state index contributed by atoms with van der Waals surface area (Å²) in [5.74, 6) is 0.201. The van der Waals surface area contributed by atoms with E-state index in [2.05, 4.69) is 0 Å². The second kappa shape index (κ2) is 6.23. The standard InChI is InChI=1S/C15H17NO4S2/c1-16(2)13-14(19)22-15(21-13)12-9(17)6-8(7-10(12)18)11-4-3-5-20-11/h3-5,8,13-14,19H,6-7H2,1-2H3. The Kier molecular flexibility index (Phi) is 4.49. The number of allylic oxidation sites excluding steroid dienone is 1. The van der Waals surface area contributed by atoms with E-state index in [0.29, 0.717) is 10.00 Å². The van der Waals surface area contributed by atoms with Crippen molar-refractivity contribution in [3.8, 4) is 0 Å². The normalized spacial score (nSPS) is 29.7. The van der Waals surface area contributed by atoms with Crippen LogP contribution in [0.1, 0.15) is 24.5 Å². The molecule has 2 aliphatic rings. The Morgan fingerprint density at radius 2 is 1.91 bits per heavy atom. The molecule has 118 valence electrons. The first kappa shape index (κ1) is 15.9. The zero-order chi connectivity index (χ0) is 15.9. The van der Waals surface area contributed by atoms with Gasteiger partial charge in [-0.2, -0.15) is 0 Å². The summed E-state index contributed by atoms with van der Waals surface area (Å²) in [5, 5.41) is 9.92. The van der Waals surface area contributed by atoms with E-state index < -0.39 is 5.44 Å². The van der Waals surface area contributed by atoms with Crippen LogP contribution in [0.2, 0.25) is 0 Å². The zero-order valence-corrected chi connectivity index (χ0v) is 13.9. The van der Waals surface area contributed by atoms with Gasteiger partial charge in [0.25, 0.3) is 0 Å². The maximum Gasteiger partial charge on any atom is 0.168 e. The summed E-state index contributed by atoms with van der Waals surface area (Å²) in [6.45, 7) is 0. The van der Waals surface area contributed by atoms with Gasteiger partial charge in [-0.25, -0.2) is 0 Å². The molecular weight excluding hydrogens is 322 g/mol. The molecule has 1 aromatic rings. The molecule has 1 aromatic heterocycles. The molecule has 1 N–H and O–H groups in total. The molecule has 0 radical (unpaired) electrons. The van der Waals surface area contributed by atoms with Gasteiger partial charge in [0.15, 0.2) is 11.6 Å². The van der Waals surface area contributed by atoms with Gasteiger partial charge in [0.1, 0.15) is 11.2 Å². The van der Waals surface area contributed by atoms with Crippen molar-refractivity contribution in [1.29, 1.82) is 0 Å². The molecule has 2 unspecified atom stereocenters. The number of rotatable bonds is 2. The lowest BCUT2D eigenvalue weighted by molar-refractivity contribution is -0.124. The highest BCUT2D eigenvalue weighted by Crippen LogP contribution is 2.50. The van der Waals surface area contributed by atoms with Crippen LogP contribution in [0.3, 0.4) is 0 Å². The minimum Gasteiger partial charge on any atom is -0.469 e. The van der Waals surface area contributed by atoms with Crippen molar-refractivity contribution in [2.75, 3.05) is 14.1 Å². The van der Waals surface area contributed by atoms with Crippen LogP contribution in [0.15, 0.2) is 32.6 Å². The summed E-state index contributed by atoms with van der Waals surface area (Å²) in [7, 11) is 3.74. The van der Waals surface area contributed by atoms with E-state index in [4.69, 9.17) is 4.42 Å². The Morgan fingerprint density at radius 1 is 1.23 bits per heavy atom. The number of likely N-dealkylation sites (N-methyl/N-ethyl adjacent to an activating group) is 1. The topological polar surface area (TPSA) is 70.8 Å². The molecule has 3 rings (SSSR count). The molecule has 2 heterocycles. The quantitative estimate of drug-likeness (QED) is 0.654. The molecule has 0 spiro atoms. The molecule has 0 amide bonds. The third-order valence-electron chi connectivity index (χ3n) is 3.78. The van der Waals surface area contributed by atoms with Gasteiger partial charge in [0.2, 0.25) is 0 Å². The van der Waals surface area contributed by atoms with Crippen molar-refractivity contribution in [3.63, 3.8) is 0 Å². The monoisotopic (exact) mass is 339 g/mol. The molecule has 5 nitrogen and oxygen atoms in total. The molecule has 1 saturated carbocycles. The maximum absolute atomic E-state index is 12.4. The Labute approximate surface area is 137 Å². The minimum atomic E-state index is -0.633. The number of nitrogens with zero attached hydrogens (tertiary/aromatic N) is 1. The van der Waals surface area contributed by atoms with Gasteiger partial charge in [-0.15, -0.1) is 0 Å². The molecule has 1 aliphatic heterocycles. The summed E-state index contributed by atoms with van der Waals surface area (Å²) < 4.78 is 5.97. The van der Waals surface area contributed by atoms with E-state index in [1.807, 2.05) is 19.0 Å². The van der Waals surface area contributed by atoms with Crippen LogP contribution in [-0.4, -0.2) is 46.5 Å². The Hall–Kier alpha value is -1.02. The predicted molar refractivity (Wildman–Crippen MR) is 86.4 cm³/mol. The van der Waals surface area contributed by atoms with Crippen molar-refractivity contribution >= 4 is 35.1 Å². The van der Waals surface area contributed by atoms with E-state index >= 15 is 0 Å². The lowest BCUT2D eigenvalue weighted by atomic mass is 9.83. The fraction of sp³-hybridized carbons (Fsp3) is 0.467. The third-order valence-corrected chi connectivity index (χ3v) is 6.79. The van der Waals surface area contributed by atoms with Gasteiger partial charge < -0.3 is 9.52 Å². The average molecular weight is 339 g/mol. The fourth-order valence-corrected chi connectivity index (χ4v) is 5.64. The van der Waals surface area contributed by atoms with Crippen molar-refractivity contribution in [2.24, 2.45) is 0 Å². The molecule has 1 aliphatic carbocycles. The van der Waals surface area contributed by atoms with E-state index in [-0.39, 0.29) is 41.3 Å². The fourth-order valence-electron chi connectivity index (χ4n) is 2.67. The van der Waals surface area contributed by atoms with Crippen molar-refractivity contribution in [3.05, 3.63) is 34.0 Å². The first-order valence-corrected chi connectivity index (χ1v) is 8.75. The molecule has 1 saturated heterocycles. The number of Topliss-reactive ketones (excluding diaryl/α,β-unsaturated/α-hetero) is 2. The molecule has 0 aromatic carbocycles. The highest BCUT2D eigenvalue weighted by atomic mass is 32.2. The lowest BCUT2D eigenvalue weighted by Crippen LogP contribution is -2.30. The Morgan fingerprint density at radius 3 is 2.41 bits per heavy atom. The number of hydrogen-bond donors (Lipinski definition) is 1. The van der Waals surface area contributed by atoms with Gasteiger partial charge in [0, 0.05) is 18.8 Å². The smallest absolute Gasteiger partial charge is 0.168 e. The van der Waals surface area contributed by atoms with Crippen molar-refractivity contribution in [2.45, 2.75) is 29.6 Å². The minimum absolute atomic E-state index is 0.143. The second-order valence-corrected chi connectivity index (χ2v) is 8.12. The summed E-state index contributed by atoms with van der Waals surface area (Å²) in [6, 6.07) is 3.56. The summed E-state index contributed by atoms with van der Waals surface area (Å²) in [5.41, 5.74) is -0.368. The molecule has 2 atom stereocenters. The molecule has 0 bridgehead atoms. The molecule has 7 heteroatoms. The highest BCUT2D eigenvalue weighted by Gasteiger charge is 2.40. The molecule has 22 heavy (non-hydrogen) atoms. The SMILES string of the molecule is CN(C)C1SC(=C2C(=O)CC(c3ccco3)CC2=O)SC1O. The van der Waals surface area contributed by atoms with Crippen LogP contribution >= 0.6 is 23.5 Å². The third kappa shape index (κ3) is 2.90. The number of ketones is 2. The van der Waals surface area contributed by atoms with E-state index in [0.717, 1.165) is 0 Å². The number of carbonyl (C=O) groups excluding carboxylic acids is 2. The van der Waals surface area contributed by atoms with Gasteiger partial charge in [-0.05, 0) is 26.2 Å². The second-order valence-electron chi connectivity index (χ2n) is 5.61. The summed E-state index contributed by atoms with van der Waals surface area (Å²) in [4.78, 5) is 26.8. The average Bonchev–Trinajstić information content (AvgIpc) is 3.07. The highest BCUT2D eigenvalue weighted by molar-refractivity contribution is 8.25. The van der Waals surface area contributed by atoms with Crippen LogP contribution < -0.4 is 0 Å². The van der Waals surface area contributed by atoms with Crippen LogP contribution in [0.5, 0.6) is 0 Å². The van der Waals surface area contributed by atoms with Gasteiger partial charge in [-0.3, -0.25) is 14.5 Å².